The largest absolute Gasteiger partial charge is 0.384 e. The molecule has 3 fully saturated rings. The van der Waals surface area contributed by atoms with E-state index in [2.05, 4.69) is 18.7 Å². The maximum atomic E-state index is 5.39. The SMILES string of the molecule is COCC1(CN2CCCC3(C2)CC3(C)C)CC1. The van der Waals surface area contributed by atoms with Crippen LogP contribution in [0.3, 0.4) is 0 Å². The number of methoxy groups -OCH3 is 1. The third-order valence-electron chi connectivity index (χ3n) is 5.71. The van der Waals surface area contributed by atoms with Crippen LogP contribution < -0.4 is 0 Å². The zero-order valence-corrected chi connectivity index (χ0v) is 11.7. The zero-order chi connectivity index (χ0) is 12.1. The molecule has 0 aromatic rings. The van der Waals surface area contributed by atoms with E-state index >= 15 is 0 Å². The van der Waals surface area contributed by atoms with Crippen LogP contribution in [-0.4, -0.2) is 38.3 Å². The molecule has 17 heavy (non-hydrogen) atoms. The minimum atomic E-state index is 0.534. The molecule has 0 radical (unpaired) electrons. The Morgan fingerprint density at radius 3 is 2.41 bits per heavy atom. The minimum absolute atomic E-state index is 0.534. The highest BCUT2D eigenvalue weighted by Crippen LogP contribution is 2.67. The van der Waals surface area contributed by atoms with E-state index in [9.17, 15) is 0 Å². The van der Waals surface area contributed by atoms with Gasteiger partial charge in [0, 0.05) is 25.6 Å². The molecule has 0 amide bonds. The van der Waals surface area contributed by atoms with Crippen molar-refractivity contribution in [1.82, 2.24) is 4.90 Å². The van der Waals surface area contributed by atoms with Crippen molar-refractivity contribution in [1.29, 1.82) is 0 Å². The number of piperidine rings is 1. The van der Waals surface area contributed by atoms with Gasteiger partial charge in [-0.3, -0.25) is 0 Å². The van der Waals surface area contributed by atoms with Gasteiger partial charge in [-0.2, -0.15) is 0 Å². The molecule has 2 aliphatic carbocycles. The van der Waals surface area contributed by atoms with E-state index in [4.69, 9.17) is 4.74 Å². The molecule has 0 aromatic carbocycles. The summed E-state index contributed by atoms with van der Waals surface area (Å²) < 4.78 is 5.39. The lowest BCUT2D eigenvalue weighted by atomic mass is 9.86. The summed E-state index contributed by atoms with van der Waals surface area (Å²) in [7, 11) is 1.85. The molecule has 1 saturated heterocycles. The molecule has 3 rings (SSSR count). The molecule has 98 valence electrons. The summed E-state index contributed by atoms with van der Waals surface area (Å²) in [4.78, 5) is 2.74. The Balaban J connectivity index is 1.58. The van der Waals surface area contributed by atoms with Gasteiger partial charge in [-0.15, -0.1) is 0 Å². The van der Waals surface area contributed by atoms with Gasteiger partial charge in [0.15, 0.2) is 0 Å². The van der Waals surface area contributed by atoms with E-state index in [1.54, 1.807) is 0 Å². The summed E-state index contributed by atoms with van der Waals surface area (Å²) in [6, 6.07) is 0. The maximum absolute atomic E-state index is 5.39. The molecule has 3 aliphatic rings. The summed E-state index contributed by atoms with van der Waals surface area (Å²) >= 11 is 0. The van der Waals surface area contributed by atoms with Gasteiger partial charge in [-0.1, -0.05) is 13.8 Å². The second-order valence-corrected chi connectivity index (χ2v) is 7.59. The number of likely N-dealkylation sites (tertiary alicyclic amines) is 1. The monoisotopic (exact) mass is 237 g/mol. The lowest BCUT2D eigenvalue weighted by molar-refractivity contribution is 0.0738. The lowest BCUT2D eigenvalue weighted by Crippen LogP contribution is -2.42. The highest BCUT2D eigenvalue weighted by Gasteiger charge is 2.62. The zero-order valence-electron chi connectivity index (χ0n) is 11.7. The smallest absolute Gasteiger partial charge is 0.0530 e. The molecular weight excluding hydrogens is 210 g/mol. The fourth-order valence-corrected chi connectivity index (χ4v) is 4.17. The van der Waals surface area contributed by atoms with Gasteiger partial charge in [0.25, 0.3) is 0 Å². The van der Waals surface area contributed by atoms with Gasteiger partial charge < -0.3 is 9.64 Å². The second-order valence-electron chi connectivity index (χ2n) is 7.59. The van der Waals surface area contributed by atoms with Gasteiger partial charge in [0.05, 0.1) is 6.61 Å². The average molecular weight is 237 g/mol. The molecular formula is C15H27NO. The molecule has 1 aliphatic heterocycles. The van der Waals surface area contributed by atoms with Gasteiger partial charge in [-0.05, 0) is 49.5 Å². The number of hydrogen-bond donors (Lipinski definition) is 0. The van der Waals surface area contributed by atoms with Crippen molar-refractivity contribution in [3.8, 4) is 0 Å². The minimum Gasteiger partial charge on any atom is -0.384 e. The molecule has 1 heterocycles. The predicted molar refractivity (Wildman–Crippen MR) is 70.0 cm³/mol. The summed E-state index contributed by atoms with van der Waals surface area (Å²) in [5.41, 5.74) is 1.82. The van der Waals surface area contributed by atoms with Gasteiger partial charge in [0.2, 0.25) is 0 Å². The summed E-state index contributed by atoms with van der Waals surface area (Å²) in [5.74, 6) is 0. The fraction of sp³-hybridized carbons (Fsp3) is 1.00. The summed E-state index contributed by atoms with van der Waals surface area (Å²) in [5, 5.41) is 0. The van der Waals surface area contributed by atoms with Crippen molar-refractivity contribution in [3.63, 3.8) is 0 Å². The molecule has 0 bridgehead atoms. The lowest BCUT2D eigenvalue weighted by Gasteiger charge is -2.37. The molecule has 2 nitrogen and oxygen atoms in total. The van der Waals surface area contributed by atoms with Crippen molar-refractivity contribution in [3.05, 3.63) is 0 Å². The van der Waals surface area contributed by atoms with E-state index in [1.807, 2.05) is 7.11 Å². The molecule has 0 N–H and O–H groups in total. The van der Waals surface area contributed by atoms with Crippen LogP contribution in [0.2, 0.25) is 0 Å². The Bertz CT molecular complexity index is 308. The third kappa shape index (κ3) is 2.04. The Labute approximate surface area is 106 Å². The topological polar surface area (TPSA) is 12.5 Å². The van der Waals surface area contributed by atoms with Crippen LogP contribution in [0, 0.1) is 16.2 Å². The highest BCUT2D eigenvalue weighted by molar-refractivity contribution is 5.12. The van der Waals surface area contributed by atoms with Crippen LogP contribution in [0.4, 0.5) is 0 Å². The third-order valence-corrected chi connectivity index (χ3v) is 5.71. The normalized spacial score (nSPS) is 38.3. The molecule has 2 heteroatoms. The highest BCUT2D eigenvalue weighted by atomic mass is 16.5. The van der Waals surface area contributed by atoms with Crippen LogP contribution in [0.15, 0.2) is 0 Å². The number of rotatable bonds is 4. The molecule has 1 unspecified atom stereocenters. The van der Waals surface area contributed by atoms with Gasteiger partial charge in [-0.25, -0.2) is 0 Å². The van der Waals surface area contributed by atoms with E-state index in [1.165, 1.54) is 51.7 Å². The maximum Gasteiger partial charge on any atom is 0.0530 e. The van der Waals surface area contributed by atoms with E-state index in [-0.39, 0.29) is 0 Å². The number of ether oxygens (including phenoxy) is 1. The van der Waals surface area contributed by atoms with Crippen molar-refractivity contribution < 1.29 is 4.74 Å². The van der Waals surface area contributed by atoms with Crippen LogP contribution in [0.1, 0.15) is 46.0 Å². The Kier molecular flexibility index (Phi) is 2.61. The van der Waals surface area contributed by atoms with Gasteiger partial charge in [0.1, 0.15) is 0 Å². The van der Waals surface area contributed by atoms with E-state index in [0.717, 1.165) is 6.61 Å². The predicted octanol–water partition coefficient (Wildman–Crippen LogP) is 2.93. The Hall–Kier alpha value is -0.0800. The number of hydrogen-bond acceptors (Lipinski definition) is 2. The van der Waals surface area contributed by atoms with Crippen molar-refractivity contribution >= 4 is 0 Å². The Morgan fingerprint density at radius 1 is 1.18 bits per heavy atom. The van der Waals surface area contributed by atoms with Crippen LogP contribution in [0.5, 0.6) is 0 Å². The number of nitrogens with zero attached hydrogens (tertiary/aromatic N) is 1. The van der Waals surface area contributed by atoms with Crippen molar-refractivity contribution in [2.45, 2.75) is 46.0 Å². The average Bonchev–Trinajstić information content (AvgIpc) is 3.08. The van der Waals surface area contributed by atoms with Crippen LogP contribution in [-0.2, 0) is 4.74 Å². The molecule has 0 aromatic heterocycles. The standard InChI is InChI=1S/C15H27NO/c1-13(2)9-15(13)5-4-8-16(11-15)10-14(6-7-14)12-17-3/h4-12H2,1-3H3. The van der Waals surface area contributed by atoms with Crippen molar-refractivity contribution in [2.75, 3.05) is 33.4 Å². The van der Waals surface area contributed by atoms with E-state index < -0.39 is 0 Å². The van der Waals surface area contributed by atoms with Crippen LogP contribution in [0.25, 0.3) is 0 Å². The summed E-state index contributed by atoms with van der Waals surface area (Å²) in [6.07, 6.45) is 7.09. The van der Waals surface area contributed by atoms with Gasteiger partial charge >= 0.3 is 0 Å². The van der Waals surface area contributed by atoms with E-state index in [0.29, 0.717) is 16.2 Å². The first kappa shape index (κ1) is 12.0. The molecule has 2 saturated carbocycles. The fourth-order valence-electron chi connectivity index (χ4n) is 4.17. The first-order valence-electron chi connectivity index (χ1n) is 7.22. The quantitative estimate of drug-likeness (QED) is 0.745. The second kappa shape index (κ2) is 3.71. The first-order chi connectivity index (χ1) is 8.01. The first-order valence-corrected chi connectivity index (χ1v) is 7.22. The van der Waals surface area contributed by atoms with Crippen LogP contribution >= 0.6 is 0 Å². The Morgan fingerprint density at radius 2 is 1.88 bits per heavy atom. The van der Waals surface area contributed by atoms with Crippen molar-refractivity contribution in [2.24, 2.45) is 16.2 Å². The summed E-state index contributed by atoms with van der Waals surface area (Å²) in [6.45, 7) is 9.85. The molecule has 1 atom stereocenters. The molecule has 1 spiro atoms.